The number of carbonyl (C=O) groups excluding carboxylic acids is 1. The molecule has 1 N–H and O–H groups in total. The lowest BCUT2D eigenvalue weighted by atomic mass is 9.86. The predicted molar refractivity (Wildman–Crippen MR) is 137 cm³/mol. The van der Waals surface area contributed by atoms with Gasteiger partial charge in [-0.2, -0.15) is 0 Å². The summed E-state index contributed by atoms with van der Waals surface area (Å²) in [6, 6.07) is 5.76. The van der Waals surface area contributed by atoms with Gasteiger partial charge in [0.05, 0.1) is 38.2 Å². The molecule has 0 aliphatic carbocycles. The molecule has 0 bridgehead atoms. The number of aromatic hydroxyl groups is 1. The number of carbonyl (C=O) groups is 1. The first kappa shape index (κ1) is 26.4. The minimum absolute atomic E-state index is 0.0127. The number of methoxy groups -OCH3 is 2. The smallest absolute Gasteiger partial charge is 0.308 e. The van der Waals surface area contributed by atoms with Crippen molar-refractivity contribution in [2.75, 3.05) is 14.2 Å². The number of benzene rings is 2. The van der Waals surface area contributed by atoms with Crippen molar-refractivity contribution in [3.63, 3.8) is 0 Å². The van der Waals surface area contributed by atoms with Crippen LogP contribution in [0.4, 0.5) is 0 Å². The van der Waals surface area contributed by atoms with Gasteiger partial charge in [0.25, 0.3) is 8.32 Å². The molecule has 0 spiro atoms. The molecule has 1 aliphatic rings. The summed E-state index contributed by atoms with van der Waals surface area (Å²) in [5.41, 5.74) is 1.70. The van der Waals surface area contributed by atoms with Crippen LogP contribution in [0.15, 0.2) is 18.2 Å². The Labute approximate surface area is 204 Å². The Hall–Kier alpha value is -2.25. The first-order valence-electron chi connectivity index (χ1n) is 12.2. The van der Waals surface area contributed by atoms with Gasteiger partial charge in [-0.1, -0.05) is 52.7 Å². The maximum atomic E-state index is 12.1. The number of esters is 1. The molecule has 6 nitrogen and oxygen atoms in total. The second-order valence-electron chi connectivity index (χ2n) is 10.7. The molecule has 0 amide bonds. The fourth-order valence-electron chi connectivity index (χ4n) is 4.34. The van der Waals surface area contributed by atoms with Gasteiger partial charge in [0.1, 0.15) is 17.2 Å². The van der Waals surface area contributed by atoms with Crippen LogP contribution in [0, 0.1) is 0 Å². The fraction of sp³-hybridized carbons (Fsp3) is 0.593. The third-order valence-electron chi connectivity index (χ3n) is 7.30. The number of rotatable bonds is 8. The van der Waals surface area contributed by atoms with Gasteiger partial charge in [-0.3, -0.25) is 4.79 Å². The van der Waals surface area contributed by atoms with Crippen molar-refractivity contribution in [3.05, 3.63) is 29.3 Å². The molecular formula is C27H40O6Si. The molecule has 0 aromatic heterocycles. The van der Waals surface area contributed by atoms with Crippen molar-refractivity contribution in [1.29, 1.82) is 0 Å². The quantitative estimate of drug-likeness (QED) is 0.330. The molecule has 188 valence electrons. The summed E-state index contributed by atoms with van der Waals surface area (Å²) < 4.78 is 23.9. The van der Waals surface area contributed by atoms with Gasteiger partial charge in [0.15, 0.2) is 0 Å². The zero-order valence-electron chi connectivity index (χ0n) is 21.9. The number of hydrogen-bond donors (Lipinski definition) is 1. The molecular weight excluding hydrogens is 448 g/mol. The number of phenolic OH excluding ortho intramolecular Hbond substituents is 1. The topological polar surface area (TPSA) is 74.2 Å². The van der Waals surface area contributed by atoms with Crippen LogP contribution in [0.25, 0.3) is 10.8 Å². The highest BCUT2D eigenvalue weighted by Gasteiger charge is 2.42. The molecule has 1 aliphatic heterocycles. The highest BCUT2D eigenvalue weighted by Crippen LogP contribution is 2.52. The largest absolute Gasteiger partial charge is 0.543 e. The lowest BCUT2D eigenvalue weighted by molar-refractivity contribution is -0.145. The molecule has 2 atom stereocenters. The predicted octanol–water partition coefficient (Wildman–Crippen LogP) is 6.67. The van der Waals surface area contributed by atoms with E-state index in [0.29, 0.717) is 17.6 Å². The average Bonchev–Trinajstić information content (AvgIpc) is 2.78. The standard InChI is InChI=1S/C27H40O6Si/c1-9-10-13-21-24-19(15-17(32-21)16-22(28)31-6)26(33-34(7,8)27(2,3)4)18-12-11-14-20(30-5)23(18)25(24)29/h11-12,14,17,21,29H,9-10,13,15-16H2,1-8H3. The number of fused-ring (bicyclic) bond motifs is 2. The van der Waals surface area contributed by atoms with E-state index in [-0.39, 0.29) is 35.4 Å². The van der Waals surface area contributed by atoms with Gasteiger partial charge >= 0.3 is 5.97 Å². The Morgan fingerprint density at radius 1 is 1.24 bits per heavy atom. The van der Waals surface area contributed by atoms with Crippen LogP contribution in [0.5, 0.6) is 17.2 Å². The minimum Gasteiger partial charge on any atom is -0.543 e. The fourth-order valence-corrected chi connectivity index (χ4v) is 5.39. The number of ether oxygens (including phenoxy) is 3. The lowest BCUT2D eigenvalue weighted by Crippen LogP contribution is -2.44. The van der Waals surface area contributed by atoms with Gasteiger partial charge in [-0.15, -0.1) is 0 Å². The van der Waals surface area contributed by atoms with Crippen molar-refractivity contribution in [3.8, 4) is 17.2 Å². The molecule has 3 rings (SSSR count). The average molecular weight is 489 g/mol. The molecule has 0 saturated carbocycles. The van der Waals surface area contributed by atoms with E-state index in [1.807, 2.05) is 18.2 Å². The number of unbranched alkanes of at least 4 members (excludes halogenated alkanes) is 1. The van der Waals surface area contributed by atoms with Crippen LogP contribution in [0.2, 0.25) is 18.1 Å². The Morgan fingerprint density at radius 3 is 2.53 bits per heavy atom. The van der Waals surface area contributed by atoms with E-state index in [2.05, 4.69) is 40.8 Å². The molecule has 0 saturated heterocycles. The summed E-state index contributed by atoms with van der Waals surface area (Å²) in [5.74, 6) is 1.26. The summed E-state index contributed by atoms with van der Waals surface area (Å²) in [5, 5.41) is 13.0. The molecule has 2 unspecified atom stereocenters. The minimum atomic E-state index is -2.23. The number of phenols is 1. The second kappa shape index (κ2) is 10.2. The van der Waals surface area contributed by atoms with E-state index in [1.54, 1.807) is 7.11 Å². The van der Waals surface area contributed by atoms with Gasteiger partial charge < -0.3 is 23.7 Å². The van der Waals surface area contributed by atoms with Crippen LogP contribution >= 0.6 is 0 Å². The first-order chi connectivity index (χ1) is 15.9. The monoisotopic (exact) mass is 488 g/mol. The number of hydrogen-bond acceptors (Lipinski definition) is 6. The van der Waals surface area contributed by atoms with Gasteiger partial charge in [0.2, 0.25) is 0 Å². The molecule has 0 radical (unpaired) electrons. The van der Waals surface area contributed by atoms with E-state index in [4.69, 9.17) is 18.6 Å². The third kappa shape index (κ3) is 5.05. The summed E-state index contributed by atoms with van der Waals surface area (Å²) in [7, 11) is 0.774. The SMILES string of the molecule is CCCCC1OC(CC(=O)OC)Cc2c1c(O)c1c(OC)cccc1c2O[Si](C)(C)C(C)(C)C. The summed E-state index contributed by atoms with van der Waals surface area (Å²) >= 11 is 0. The van der Waals surface area contributed by atoms with Gasteiger partial charge in [-0.05, 0) is 30.6 Å². The molecule has 2 aromatic carbocycles. The van der Waals surface area contributed by atoms with E-state index in [0.717, 1.165) is 41.5 Å². The Balaban J connectivity index is 2.31. The third-order valence-corrected chi connectivity index (χ3v) is 11.6. The second-order valence-corrected chi connectivity index (χ2v) is 15.4. The van der Waals surface area contributed by atoms with Crippen LogP contribution in [0.1, 0.15) is 70.6 Å². The normalized spacial score (nSPS) is 18.5. The first-order valence-corrected chi connectivity index (χ1v) is 15.1. The lowest BCUT2D eigenvalue weighted by Gasteiger charge is -2.40. The van der Waals surface area contributed by atoms with Crippen LogP contribution in [-0.4, -0.2) is 39.7 Å². The molecule has 2 aromatic rings. The Kier molecular flexibility index (Phi) is 7.88. The van der Waals surface area contributed by atoms with Crippen LogP contribution in [0.3, 0.4) is 0 Å². The van der Waals surface area contributed by atoms with Gasteiger partial charge in [0, 0.05) is 22.9 Å². The zero-order chi connectivity index (χ0) is 25.3. The van der Waals surface area contributed by atoms with Crippen molar-refractivity contribution < 1.29 is 28.5 Å². The molecule has 7 heteroatoms. The van der Waals surface area contributed by atoms with Crippen LogP contribution in [-0.2, 0) is 20.7 Å². The highest BCUT2D eigenvalue weighted by atomic mass is 28.4. The Morgan fingerprint density at radius 2 is 1.94 bits per heavy atom. The van der Waals surface area contributed by atoms with E-state index in [9.17, 15) is 9.90 Å². The summed E-state index contributed by atoms with van der Waals surface area (Å²) in [6.07, 6.45) is 2.64. The summed E-state index contributed by atoms with van der Waals surface area (Å²) in [4.78, 5) is 12.1. The van der Waals surface area contributed by atoms with Crippen molar-refractivity contribution in [1.82, 2.24) is 0 Å². The molecule has 34 heavy (non-hydrogen) atoms. The zero-order valence-corrected chi connectivity index (χ0v) is 22.9. The van der Waals surface area contributed by atoms with Gasteiger partial charge in [-0.25, -0.2) is 0 Å². The van der Waals surface area contributed by atoms with Crippen LogP contribution < -0.4 is 9.16 Å². The van der Waals surface area contributed by atoms with Crippen molar-refractivity contribution in [2.45, 2.75) is 90.1 Å². The van der Waals surface area contributed by atoms with Crippen molar-refractivity contribution in [2.24, 2.45) is 0 Å². The van der Waals surface area contributed by atoms with E-state index in [1.165, 1.54) is 7.11 Å². The maximum absolute atomic E-state index is 12.1. The highest BCUT2D eigenvalue weighted by molar-refractivity contribution is 6.74. The van der Waals surface area contributed by atoms with Crippen molar-refractivity contribution >= 4 is 25.1 Å². The van der Waals surface area contributed by atoms with E-state index < -0.39 is 8.32 Å². The molecule has 0 fully saturated rings. The summed E-state index contributed by atoms with van der Waals surface area (Å²) in [6.45, 7) is 13.2. The van der Waals surface area contributed by atoms with E-state index >= 15 is 0 Å². The maximum Gasteiger partial charge on any atom is 0.308 e. The molecule has 1 heterocycles. The Bertz CT molecular complexity index is 1040.